The molecule has 2 aliphatic heterocycles. The van der Waals surface area contributed by atoms with Crippen LogP contribution in [0, 0.1) is 5.41 Å². The second-order valence-electron chi connectivity index (χ2n) is 6.17. The molecule has 0 aromatic heterocycles. The maximum atomic E-state index is 12.3. The molecule has 0 radical (unpaired) electrons. The average molecular weight is 289 g/mol. The molecular formula is C16H19NO4. The van der Waals surface area contributed by atoms with Gasteiger partial charge in [0.25, 0.3) is 0 Å². The zero-order valence-electron chi connectivity index (χ0n) is 12.0. The van der Waals surface area contributed by atoms with Crippen LogP contribution in [0.4, 0.5) is 4.79 Å². The number of hydrogen-bond donors (Lipinski definition) is 1. The van der Waals surface area contributed by atoms with Gasteiger partial charge < -0.3 is 9.84 Å². The fourth-order valence-electron chi connectivity index (χ4n) is 3.64. The van der Waals surface area contributed by atoms with Gasteiger partial charge in [0.1, 0.15) is 12.1 Å². The van der Waals surface area contributed by atoms with E-state index < -0.39 is 17.6 Å². The third-order valence-corrected chi connectivity index (χ3v) is 4.92. The van der Waals surface area contributed by atoms with Gasteiger partial charge in [0, 0.05) is 6.54 Å². The van der Waals surface area contributed by atoms with Crippen molar-refractivity contribution in [2.75, 3.05) is 6.54 Å². The van der Waals surface area contributed by atoms with Crippen molar-refractivity contribution >= 4 is 12.1 Å². The van der Waals surface area contributed by atoms with E-state index in [1.54, 1.807) is 0 Å². The first kappa shape index (κ1) is 13.9. The van der Waals surface area contributed by atoms with Gasteiger partial charge in [-0.1, -0.05) is 37.3 Å². The number of carboxylic acids is 1. The van der Waals surface area contributed by atoms with Gasteiger partial charge in [0.05, 0.1) is 0 Å². The van der Waals surface area contributed by atoms with E-state index in [0.717, 1.165) is 12.0 Å². The number of nitrogens with zero attached hydrogens (tertiary/aromatic N) is 1. The number of fused-ring (bicyclic) bond motifs is 1. The summed E-state index contributed by atoms with van der Waals surface area (Å²) in [6.07, 6.45) is 1.47. The summed E-state index contributed by atoms with van der Waals surface area (Å²) >= 11 is 0. The molecule has 0 atom stereocenters. The number of carbonyl (C=O) groups excluding carboxylic acids is 1. The van der Waals surface area contributed by atoms with Crippen LogP contribution in [0.1, 0.15) is 31.7 Å². The summed E-state index contributed by atoms with van der Waals surface area (Å²) in [4.78, 5) is 25.2. The van der Waals surface area contributed by atoms with Crippen molar-refractivity contribution in [2.45, 2.75) is 38.3 Å². The van der Waals surface area contributed by atoms with Crippen LogP contribution >= 0.6 is 0 Å². The first-order valence-corrected chi connectivity index (χ1v) is 7.23. The van der Waals surface area contributed by atoms with Gasteiger partial charge in [0.15, 0.2) is 0 Å². The van der Waals surface area contributed by atoms with Gasteiger partial charge in [-0.25, -0.2) is 9.59 Å². The summed E-state index contributed by atoms with van der Waals surface area (Å²) in [6, 6.07) is 9.39. The summed E-state index contributed by atoms with van der Waals surface area (Å²) in [7, 11) is 0. The molecule has 1 amide bonds. The number of benzene rings is 1. The Morgan fingerprint density at radius 3 is 2.52 bits per heavy atom. The molecule has 1 aromatic carbocycles. The molecule has 3 fully saturated rings. The molecule has 2 heterocycles. The molecule has 0 spiro atoms. The maximum Gasteiger partial charge on any atom is 0.411 e. The fraction of sp³-hybridized carbons (Fsp3) is 0.500. The molecule has 1 N–H and O–H groups in total. The van der Waals surface area contributed by atoms with E-state index in [0.29, 0.717) is 19.4 Å². The number of carboxylic acid groups (broad SMARTS) is 1. The molecule has 2 bridgehead atoms. The largest absolute Gasteiger partial charge is 0.479 e. The Hall–Kier alpha value is -2.04. The van der Waals surface area contributed by atoms with Crippen LogP contribution in [-0.4, -0.2) is 34.2 Å². The van der Waals surface area contributed by atoms with Crippen molar-refractivity contribution in [3.05, 3.63) is 35.9 Å². The normalized spacial score (nSPS) is 29.9. The highest BCUT2D eigenvalue weighted by molar-refractivity contribution is 5.87. The second-order valence-corrected chi connectivity index (χ2v) is 6.17. The molecule has 5 nitrogen and oxygen atoms in total. The topological polar surface area (TPSA) is 66.8 Å². The Balaban J connectivity index is 1.69. The lowest BCUT2D eigenvalue weighted by Gasteiger charge is -2.43. The van der Waals surface area contributed by atoms with Crippen molar-refractivity contribution in [2.24, 2.45) is 5.41 Å². The summed E-state index contributed by atoms with van der Waals surface area (Å²) in [5.41, 5.74) is -0.166. The van der Waals surface area contributed by atoms with Crippen molar-refractivity contribution < 1.29 is 19.4 Å². The minimum atomic E-state index is -1.04. The van der Waals surface area contributed by atoms with E-state index in [-0.39, 0.29) is 12.0 Å². The van der Waals surface area contributed by atoms with E-state index in [1.165, 1.54) is 4.90 Å². The maximum absolute atomic E-state index is 12.3. The summed E-state index contributed by atoms with van der Waals surface area (Å²) in [6.45, 7) is 2.71. The van der Waals surface area contributed by atoms with E-state index in [2.05, 4.69) is 0 Å². The van der Waals surface area contributed by atoms with Crippen LogP contribution < -0.4 is 0 Å². The minimum Gasteiger partial charge on any atom is -0.479 e. The average Bonchev–Trinajstić information content (AvgIpc) is 2.98. The minimum absolute atomic E-state index is 0.0237. The zero-order chi connectivity index (χ0) is 15.1. The fourth-order valence-corrected chi connectivity index (χ4v) is 3.64. The Morgan fingerprint density at radius 1 is 1.29 bits per heavy atom. The number of amides is 1. The Bertz CT molecular complexity index is 563. The molecule has 2 saturated heterocycles. The second kappa shape index (κ2) is 4.76. The quantitative estimate of drug-likeness (QED) is 0.925. The van der Waals surface area contributed by atoms with E-state index in [9.17, 15) is 14.7 Å². The van der Waals surface area contributed by atoms with E-state index in [4.69, 9.17) is 4.74 Å². The highest BCUT2D eigenvalue weighted by Crippen LogP contribution is 2.61. The Labute approximate surface area is 123 Å². The standard InChI is InChI=1S/C16H19NO4/c1-2-15-9-16(10-15,13(18)19)17(11-15)14(20)21-8-12-6-4-3-5-7-12/h3-7H,2,8-11H2,1H3,(H,18,19). The summed E-state index contributed by atoms with van der Waals surface area (Å²) in [5, 5.41) is 9.48. The molecule has 3 aliphatic rings. The first-order valence-electron chi connectivity index (χ1n) is 7.23. The highest BCUT2D eigenvalue weighted by atomic mass is 16.6. The number of carbonyl (C=O) groups is 2. The molecule has 5 heteroatoms. The van der Waals surface area contributed by atoms with Crippen LogP contribution in [0.25, 0.3) is 0 Å². The van der Waals surface area contributed by atoms with Gasteiger partial charge in [0.2, 0.25) is 0 Å². The van der Waals surface area contributed by atoms with Gasteiger partial charge in [-0.3, -0.25) is 4.90 Å². The molecule has 1 aromatic rings. The van der Waals surface area contributed by atoms with E-state index >= 15 is 0 Å². The predicted molar refractivity (Wildman–Crippen MR) is 75.7 cm³/mol. The van der Waals surface area contributed by atoms with Crippen molar-refractivity contribution in [1.82, 2.24) is 4.90 Å². The highest BCUT2D eigenvalue weighted by Gasteiger charge is 2.70. The monoisotopic (exact) mass is 289 g/mol. The summed E-state index contributed by atoms with van der Waals surface area (Å²) in [5.74, 6) is -0.916. The van der Waals surface area contributed by atoms with Crippen LogP contribution in [0.15, 0.2) is 30.3 Å². The number of ether oxygens (including phenoxy) is 1. The smallest absolute Gasteiger partial charge is 0.411 e. The van der Waals surface area contributed by atoms with Crippen molar-refractivity contribution in [1.29, 1.82) is 0 Å². The SMILES string of the molecule is CCC12CN(C(=O)OCc3ccccc3)C(C(=O)O)(C1)C2. The lowest BCUT2D eigenvalue weighted by atomic mass is 9.61. The molecule has 4 rings (SSSR count). The van der Waals surface area contributed by atoms with Crippen LogP contribution in [0.5, 0.6) is 0 Å². The number of aliphatic carboxylic acids is 1. The predicted octanol–water partition coefficient (Wildman–Crippen LogP) is 2.65. The van der Waals surface area contributed by atoms with E-state index in [1.807, 2.05) is 37.3 Å². The van der Waals surface area contributed by atoms with Crippen molar-refractivity contribution in [3.8, 4) is 0 Å². The lowest BCUT2D eigenvalue weighted by Crippen LogP contribution is -2.56. The van der Waals surface area contributed by atoms with Crippen LogP contribution in [-0.2, 0) is 16.1 Å². The number of hydrogen-bond acceptors (Lipinski definition) is 3. The molecular weight excluding hydrogens is 270 g/mol. The Kier molecular flexibility index (Phi) is 3.15. The molecule has 1 saturated carbocycles. The lowest BCUT2D eigenvalue weighted by molar-refractivity contribution is -0.154. The van der Waals surface area contributed by atoms with Crippen molar-refractivity contribution in [3.63, 3.8) is 0 Å². The third kappa shape index (κ3) is 2.07. The van der Waals surface area contributed by atoms with Crippen LogP contribution in [0.2, 0.25) is 0 Å². The third-order valence-electron chi connectivity index (χ3n) is 4.92. The van der Waals surface area contributed by atoms with Gasteiger partial charge in [-0.15, -0.1) is 0 Å². The van der Waals surface area contributed by atoms with Crippen LogP contribution in [0.3, 0.4) is 0 Å². The summed E-state index contributed by atoms with van der Waals surface area (Å²) < 4.78 is 5.30. The molecule has 21 heavy (non-hydrogen) atoms. The first-order chi connectivity index (χ1) is 10.0. The number of rotatable bonds is 4. The van der Waals surface area contributed by atoms with Gasteiger partial charge in [-0.2, -0.15) is 0 Å². The molecule has 0 unspecified atom stereocenters. The molecule has 112 valence electrons. The van der Waals surface area contributed by atoms with Gasteiger partial charge in [-0.05, 0) is 30.2 Å². The molecule has 1 aliphatic carbocycles. The van der Waals surface area contributed by atoms with Gasteiger partial charge >= 0.3 is 12.1 Å². The Morgan fingerprint density at radius 2 is 1.95 bits per heavy atom. The zero-order valence-corrected chi connectivity index (χ0v) is 12.0.